The lowest BCUT2D eigenvalue weighted by Gasteiger charge is -2.03. The Labute approximate surface area is 79.1 Å². The maximum absolute atomic E-state index is 10.5. The minimum atomic E-state index is 0.292. The number of carbonyl (C=O) groups excluding carboxylic acids is 2. The predicted molar refractivity (Wildman–Crippen MR) is 50.3 cm³/mol. The molecule has 1 heterocycles. The van der Waals surface area contributed by atoms with Crippen LogP contribution in [0.5, 0.6) is 0 Å². The summed E-state index contributed by atoms with van der Waals surface area (Å²) in [5, 5.41) is 0. The number of carbonyl (C=O) groups is 2. The molecule has 0 atom stereocenters. The Bertz CT molecular complexity index is 193. The first-order valence-electron chi connectivity index (χ1n) is 4.96. The van der Waals surface area contributed by atoms with E-state index in [2.05, 4.69) is 0 Å². The standard InChI is InChI=1S/C5H9NO.C5H8O/c1-6-4-2-3-5(6)7;6-5-3-1-2-4-5/h2-4H2,1H3;1-4H2. The summed E-state index contributed by atoms with van der Waals surface area (Å²) in [5.74, 6) is 0.745. The van der Waals surface area contributed by atoms with Crippen LogP contribution in [0.3, 0.4) is 0 Å². The molecule has 0 aromatic rings. The zero-order valence-electron chi connectivity index (χ0n) is 8.21. The van der Waals surface area contributed by atoms with Gasteiger partial charge in [-0.1, -0.05) is 0 Å². The van der Waals surface area contributed by atoms with Crippen LogP contribution in [0.2, 0.25) is 0 Å². The van der Waals surface area contributed by atoms with Crippen LogP contribution in [0, 0.1) is 0 Å². The fraction of sp³-hybridized carbons (Fsp3) is 0.800. The van der Waals surface area contributed by atoms with Gasteiger partial charge in [0.1, 0.15) is 5.78 Å². The molecule has 3 heteroatoms. The first-order chi connectivity index (χ1) is 6.20. The second kappa shape index (κ2) is 5.00. The molecule has 0 spiro atoms. The van der Waals surface area contributed by atoms with E-state index in [1.165, 1.54) is 0 Å². The molecule has 1 aliphatic heterocycles. The van der Waals surface area contributed by atoms with Crippen molar-refractivity contribution in [1.82, 2.24) is 4.90 Å². The predicted octanol–water partition coefficient (Wildman–Crippen LogP) is 1.37. The molecule has 1 amide bonds. The molecule has 0 aromatic heterocycles. The Kier molecular flexibility index (Phi) is 3.93. The zero-order chi connectivity index (χ0) is 9.68. The quantitative estimate of drug-likeness (QED) is 0.568. The lowest BCUT2D eigenvalue weighted by molar-refractivity contribution is -0.126. The summed E-state index contributed by atoms with van der Waals surface area (Å²) in [6.07, 6.45) is 5.78. The van der Waals surface area contributed by atoms with Crippen LogP contribution in [0.1, 0.15) is 38.5 Å². The van der Waals surface area contributed by atoms with Crippen molar-refractivity contribution in [3.8, 4) is 0 Å². The lowest BCUT2D eigenvalue weighted by Crippen LogP contribution is -2.17. The van der Waals surface area contributed by atoms with Gasteiger partial charge in [-0.3, -0.25) is 9.59 Å². The first kappa shape index (κ1) is 10.2. The van der Waals surface area contributed by atoms with Gasteiger partial charge in [-0.05, 0) is 19.3 Å². The van der Waals surface area contributed by atoms with Gasteiger partial charge in [-0.2, -0.15) is 0 Å². The van der Waals surface area contributed by atoms with Crippen molar-refractivity contribution < 1.29 is 9.59 Å². The molecule has 2 aliphatic rings. The van der Waals surface area contributed by atoms with Gasteiger partial charge in [-0.15, -0.1) is 0 Å². The third-order valence-electron chi connectivity index (χ3n) is 2.47. The van der Waals surface area contributed by atoms with E-state index in [4.69, 9.17) is 0 Å². The zero-order valence-corrected chi connectivity index (χ0v) is 8.21. The maximum Gasteiger partial charge on any atom is 0.222 e. The molecule has 0 bridgehead atoms. The molecular weight excluding hydrogens is 166 g/mol. The summed E-state index contributed by atoms with van der Waals surface area (Å²) in [7, 11) is 1.84. The van der Waals surface area contributed by atoms with Crippen LogP contribution in [-0.2, 0) is 9.59 Å². The van der Waals surface area contributed by atoms with Gasteiger partial charge >= 0.3 is 0 Å². The molecule has 0 unspecified atom stereocenters. The number of nitrogens with zero attached hydrogens (tertiary/aromatic N) is 1. The summed E-state index contributed by atoms with van der Waals surface area (Å²) >= 11 is 0. The minimum absolute atomic E-state index is 0.292. The van der Waals surface area contributed by atoms with Gasteiger partial charge in [-0.25, -0.2) is 0 Å². The van der Waals surface area contributed by atoms with Crippen molar-refractivity contribution in [2.75, 3.05) is 13.6 Å². The molecule has 1 saturated carbocycles. The highest BCUT2D eigenvalue weighted by Gasteiger charge is 2.14. The fourth-order valence-electron chi connectivity index (χ4n) is 1.55. The van der Waals surface area contributed by atoms with E-state index < -0.39 is 0 Å². The molecule has 0 radical (unpaired) electrons. The molecule has 13 heavy (non-hydrogen) atoms. The molecule has 2 fully saturated rings. The topological polar surface area (TPSA) is 37.4 Å². The molecular formula is C10H17NO2. The number of ketones is 1. The Morgan fingerprint density at radius 1 is 1.00 bits per heavy atom. The summed E-state index contributed by atoms with van der Waals surface area (Å²) < 4.78 is 0. The third-order valence-corrected chi connectivity index (χ3v) is 2.47. The van der Waals surface area contributed by atoms with E-state index in [0.717, 1.165) is 45.1 Å². The third kappa shape index (κ3) is 3.57. The van der Waals surface area contributed by atoms with Gasteiger partial charge in [0.15, 0.2) is 0 Å². The maximum atomic E-state index is 10.5. The Morgan fingerprint density at radius 3 is 1.77 bits per heavy atom. The summed E-state index contributed by atoms with van der Waals surface area (Å²) in [6.45, 7) is 0.957. The van der Waals surface area contributed by atoms with E-state index >= 15 is 0 Å². The number of amides is 1. The largest absolute Gasteiger partial charge is 0.346 e. The van der Waals surface area contributed by atoms with Crippen LogP contribution in [0.4, 0.5) is 0 Å². The number of rotatable bonds is 0. The van der Waals surface area contributed by atoms with Crippen molar-refractivity contribution in [3.05, 3.63) is 0 Å². The lowest BCUT2D eigenvalue weighted by atomic mass is 10.4. The van der Waals surface area contributed by atoms with Crippen molar-refractivity contribution in [1.29, 1.82) is 0 Å². The van der Waals surface area contributed by atoms with Gasteiger partial charge in [0.05, 0.1) is 0 Å². The highest BCUT2D eigenvalue weighted by atomic mass is 16.2. The highest BCUT2D eigenvalue weighted by molar-refractivity contribution is 5.80. The van der Waals surface area contributed by atoms with E-state index in [1.54, 1.807) is 4.90 Å². The Balaban J connectivity index is 0.000000132. The number of hydrogen-bond acceptors (Lipinski definition) is 2. The number of Topliss-reactive ketones (excluding diaryl/α,β-unsaturated/α-hetero) is 1. The molecule has 0 aromatic carbocycles. The minimum Gasteiger partial charge on any atom is -0.346 e. The van der Waals surface area contributed by atoms with E-state index in [1.807, 2.05) is 7.05 Å². The Morgan fingerprint density at radius 2 is 1.62 bits per heavy atom. The summed E-state index contributed by atoms with van der Waals surface area (Å²) in [4.78, 5) is 22.5. The second-order valence-electron chi connectivity index (χ2n) is 3.66. The van der Waals surface area contributed by atoms with Crippen molar-refractivity contribution in [3.63, 3.8) is 0 Å². The first-order valence-corrected chi connectivity index (χ1v) is 4.96. The van der Waals surface area contributed by atoms with E-state index in [9.17, 15) is 9.59 Å². The van der Waals surface area contributed by atoms with Gasteiger partial charge in [0.2, 0.25) is 5.91 Å². The van der Waals surface area contributed by atoms with Gasteiger partial charge < -0.3 is 4.90 Å². The summed E-state index contributed by atoms with van der Waals surface area (Å²) in [6, 6.07) is 0. The Hall–Kier alpha value is -0.860. The van der Waals surface area contributed by atoms with Crippen LogP contribution < -0.4 is 0 Å². The highest BCUT2D eigenvalue weighted by Crippen LogP contribution is 2.11. The SMILES string of the molecule is CN1CCCC1=O.O=C1CCCC1. The van der Waals surface area contributed by atoms with Gasteiger partial charge in [0.25, 0.3) is 0 Å². The molecule has 2 rings (SSSR count). The molecule has 0 N–H and O–H groups in total. The fourth-order valence-corrected chi connectivity index (χ4v) is 1.55. The summed E-state index contributed by atoms with van der Waals surface area (Å²) in [5.41, 5.74) is 0. The van der Waals surface area contributed by atoms with Crippen LogP contribution in [-0.4, -0.2) is 30.2 Å². The number of likely N-dealkylation sites (tertiary alicyclic amines) is 1. The monoisotopic (exact) mass is 183 g/mol. The van der Waals surface area contributed by atoms with Crippen molar-refractivity contribution in [2.24, 2.45) is 0 Å². The average molecular weight is 183 g/mol. The van der Waals surface area contributed by atoms with Crippen molar-refractivity contribution in [2.45, 2.75) is 38.5 Å². The average Bonchev–Trinajstić information content (AvgIpc) is 2.67. The van der Waals surface area contributed by atoms with Crippen LogP contribution >= 0.6 is 0 Å². The van der Waals surface area contributed by atoms with Gasteiger partial charge in [0, 0.05) is 32.9 Å². The number of hydrogen-bond donors (Lipinski definition) is 0. The van der Waals surface area contributed by atoms with E-state index in [-0.39, 0.29) is 0 Å². The molecule has 1 saturated heterocycles. The van der Waals surface area contributed by atoms with Crippen LogP contribution in [0.25, 0.3) is 0 Å². The molecule has 1 aliphatic carbocycles. The molecule has 74 valence electrons. The second-order valence-corrected chi connectivity index (χ2v) is 3.66. The van der Waals surface area contributed by atoms with Crippen molar-refractivity contribution >= 4 is 11.7 Å². The molecule has 3 nitrogen and oxygen atoms in total. The van der Waals surface area contributed by atoms with E-state index in [0.29, 0.717) is 11.7 Å². The normalized spacial score (nSPS) is 21.8. The van der Waals surface area contributed by atoms with Crippen LogP contribution in [0.15, 0.2) is 0 Å². The smallest absolute Gasteiger partial charge is 0.222 e.